The van der Waals surface area contributed by atoms with Crippen LogP contribution in [0.25, 0.3) is 5.70 Å². The number of nitrogens with two attached hydrogens (primary N) is 1. The molecule has 0 radical (unpaired) electrons. The van der Waals surface area contributed by atoms with E-state index in [0.29, 0.717) is 22.9 Å². The topological polar surface area (TPSA) is 97.0 Å². The third-order valence-electron chi connectivity index (χ3n) is 6.49. The lowest BCUT2D eigenvalue weighted by Gasteiger charge is -2.29. The van der Waals surface area contributed by atoms with Crippen LogP contribution in [0.5, 0.6) is 5.75 Å². The molecule has 0 bridgehead atoms. The Morgan fingerprint density at radius 2 is 1.79 bits per heavy atom. The van der Waals surface area contributed by atoms with Gasteiger partial charge in [-0.15, -0.1) is 11.8 Å². The summed E-state index contributed by atoms with van der Waals surface area (Å²) in [6.07, 6.45) is 4.71. The molecule has 0 saturated heterocycles. The summed E-state index contributed by atoms with van der Waals surface area (Å²) in [7, 11) is 0. The first-order valence-electron chi connectivity index (χ1n) is 12.5. The van der Waals surface area contributed by atoms with E-state index in [1.807, 2.05) is 23.2 Å². The number of benzene rings is 3. The number of amides is 2. The fourth-order valence-electron chi connectivity index (χ4n) is 4.64. The minimum Gasteiger partial charge on any atom is -0.493 e. The van der Waals surface area contributed by atoms with E-state index in [4.69, 9.17) is 16.3 Å². The van der Waals surface area contributed by atoms with Gasteiger partial charge in [-0.25, -0.2) is 5.01 Å². The van der Waals surface area contributed by atoms with Crippen molar-refractivity contribution in [1.82, 2.24) is 0 Å². The molecule has 0 spiro atoms. The minimum atomic E-state index is -0.333. The third-order valence-corrected chi connectivity index (χ3v) is 7.55. The standard InChI is InChI=1S/C28H26ClN3O2S.C2H5NO/c1-17-4-5-18-6-7-20(31-28(33)24-14-19-12-13-34-26(19)16-25(24)29)15-23(18)27(17)32(30-2)21-8-10-22(35-3)11-9-21;1-2(3)4/h6-11,14-16H,2,4-5,12-13H2,1,3H3,(H,31,33);1H3,(H2,3,4). The molecule has 0 saturated carbocycles. The van der Waals surface area contributed by atoms with E-state index in [9.17, 15) is 9.59 Å². The van der Waals surface area contributed by atoms with Gasteiger partial charge in [0.2, 0.25) is 5.91 Å². The Bertz CT molecular complexity index is 1450. The molecule has 202 valence electrons. The second kappa shape index (κ2) is 12.4. The smallest absolute Gasteiger partial charge is 0.257 e. The average Bonchev–Trinajstić information content (AvgIpc) is 3.37. The van der Waals surface area contributed by atoms with Crippen molar-refractivity contribution in [2.75, 3.05) is 23.2 Å². The molecule has 39 heavy (non-hydrogen) atoms. The van der Waals surface area contributed by atoms with Gasteiger partial charge in [0.15, 0.2) is 0 Å². The van der Waals surface area contributed by atoms with Gasteiger partial charge in [-0.1, -0.05) is 17.7 Å². The normalized spacial score (nSPS) is 13.3. The van der Waals surface area contributed by atoms with Gasteiger partial charge in [-0.05, 0) is 91.3 Å². The first-order chi connectivity index (χ1) is 18.7. The zero-order valence-corrected chi connectivity index (χ0v) is 23.8. The van der Waals surface area contributed by atoms with E-state index in [0.717, 1.165) is 47.5 Å². The number of primary amides is 1. The average molecular weight is 563 g/mol. The lowest BCUT2D eigenvalue weighted by molar-refractivity contribution is -0.115. The maximum Gasteiger partial charge on any atom is 0.257 e. The molecule has 9 heteroatoms. The molecular formula is C30H31ClN4O3S. The Labute approximate surface area is 238 Å². The van der Waals surface area contributed by atoms with Crippen LogP contribution in [0.4, 0.5) is 11.4 Å². The van der Waals surface area contributed by atoms with Crippen molar-refractivity contribution >= 4 is 59.0 Å². The van der Waals surface area contributed by atoms with E-state index in [1.165, 1.54) is 23.0 Å². The van der Waals surface area contributed by atoms with Gasteiger partial charge < -0.3 is 15.8 Å². The van der Waals surface area contributed by atoms with Crippen molar-refractivity contribution in [1.29, 1.82) is 0 Å². The molecule has 1 heterocycles. The molecule has 3 N–H and O–H groups in total. The van der Waals surface area contributed by atoms with Crippen LogP contribution in [0.3, 0.4) is 0 Å². The number of ether oxygens (including phenoxy) is 1. The predicted octanol–water partition coefficient (Wildman–Crippen LogP) is 6.54. The predicted molar refractivity (Wildman–Crippen MR) is 161 cm³/mol. The van der Waals surface area contributed by atoms with Gasteiger partial charge in [0.05, 0.1) is 28.6 Å². The number of nitrogens with zero attached hydrogens (tertiary/aromatic N) is 2. The number of allylic oxidation sites excluding steroid dienone is 1. The number of hydrazone groups is 1. The minimum absolute atomic E-state index is 0.242. The molecule has 7 nitrogen and oxygen atoms in total. The van der Waals surface area contributed by atoms with Crippen molar-refractivity contribution in [3.05, 3.63) is 87.4 Å². The van der Waals surface area contributed by atoms with Gasteiger partial charge in [-0.2, -0.15) is 5.10 Å². The van der Waals surface area contributed by atoms with Crippen LogP contribution in [0, 0.1) is 0 Å². The van der Waals surface area contributed by atoms with Crippen molar-refractivity contribution in [2.24, 2.45) is 10.8 Å². The number of carbonyl (C=O) groups is 2. The highest BCUT2D eigenvalue weighted by Crippen LogP contribution is 2.38. The summed E-state index contributed by atoms with van der Waals surface area (Å²) in [5, 5.41) is 9.68. The van der Waals surface area contributed by atoms with Crippen LogP contribution in [-0.2, 0) is 17.6 Å². The molecule has 0 aromatic heterocycles. The zero-order chi connectivity index (χ0) is 28.1. The number of thioether (sulfide) groups is 1. The number of hydrogen-bond donors (Lipinski definition) is 2. The van der Waals surface area contributed by atoms with Crippen molar-refractivity contribution in [3.8, 4) is 5.75 Å². The lowest BCUT2D eigenvalue weighted by atomic mass is 9.89. The summed E-state index contributed by atoms with van der Waals surface area (Å²) >= 11 is 8.10. The van der Waals surface area contributed by atoms with Crippen molar-refractivity contribution in [2.45, 2.75) is 38.0 Å². The molecule has 2 aliphatic rings. The van der Waals surface area contributed by atoms with Crippen LogP contribution in [0.2, 0.25) is 5.02 Å². The Morgan fingerprint density at radius 3 is 2.46 bits per heavy atom. The van der Waals surface area contributed by atoms with Crippen LogP contribution in [0.15, 0.2) is 70.2 Å². The van der Waals surface area contributed by atoms with Gasteiger partial charge in [0.1, 0.15) is 5.75 Å². The zero-order valence-electron chi connectivity index (χ0n) is 22.2. The van der Waals surface area contributed by atoms with E-state index in [2.05, 4.69) is 66.4 Å². The van der Waals surface area contributed by atoms with Gasteiger partial charge >= 0.3 is 0 Å². The summed E-state index contributed by atoms with van der Waals surface area (Å²) in [6, 6.07) is 17.9. The quantitative estimate of drug-likeness (QED) is 0.202. The van der Waals surface area contributed by atoms with E-state index < -0.39 is 0 Å². The molecular weight excluding hydrogens is 532 g/mol. The fraction of sp³-hybridized carbons (Fsp3) is 0.233. The molecule has 0 unspecified atom stereocenters. The second-order valence-electron chi connectivity index (χ2n) is 9.26. The van der Waals surface area contributed by atoms with Crippen LogP contribution in [-0.4, -0.2) is 31.4 Å². The number of rotatable bonds is 6. The lowest BCUT2D eigenvalue weighted by Crippen LogP contribution is -2.20. The van der Waals surface area contributed by atoms with E-state index in [1.54, 1.807) is 17.8 Å². The highest BCUT2D eigenvalue weighted by molar-refractivity contribution is 7.98. The summed E-state index contributed by atoms with van der Waals surface area (Å²) in [5.74, 6) is 0.183. The highest BCUT2D eigenvalue weighted by Gasteiger charge is 2.24. The number of nitrogens with one attached hydrogen (secondary N) is 1. The molecule has 3 aromatic rings. The molecule has 5 rings (SSSR count). The molecule has 0 fully saturated rings. The second-order valence-corrected chi connectivity index (χ2v) is 10.5. The summed E-state index contributed by atoms with van der Waals surface area (Å²) in [4.78, 5) is 23.5. The molecule has 0 atom stereocenters. The maximum absolute atomic E-state index is 13.1. The first-order valence-corrected chi connectivity index (χ1v) is 14.1. The number of hydrogen-bond acceptors (Lipinski definition) is 6. The number of carbonyl (C=O) groups excluding carboxylic acids is 2. The number of aryl methyl sites for hydroxylation is 1. The van der Waals surface area contributed by atoms with Gasteiger partial charge in [-0.3, -0.25) is 9.59 Å². The molecule has 2 amide bonds. The first kappa shape index (κ1) is 28.3. The number of fused-ring (bicyclic) bond motifs is 2. The highest BCUT2D eigenvalue weighted by atomic mass is 35.5. The van der Waals surface area contributed by atoms with Crippen LogP contribution >= 0.6 is 23.4 Å². The summed E-state index contributed by atoms with van der Waals surface area (Å²) < 4.78 is 5.56. The Morgan fingerprint density at radius 1 is 1.08 bits per heavy atom. The number of halogens is 1. The summed E-state index contributed by atoms with van der Waals surface area (Å²) in [6.45, 7) is 7.90. The Kier molecular flexibility index (Phi) is 8.99. The Hall–Kier alpha value is -3.75. The largest absolute Gasteiger partial charge is 0.493 e. The monoisotopic (exact) mass is 562 g/mol. The van der Waals surface area contributed by atoms with Crippen LogP contribution in [0.1, 0.15) is 47.3 Å². The number of anilines is 2. The van der Waals surface area contributed by atoms with Crippen LogP contribution < -0.4 is 20.8 Å². The van der Waals surface area contributed by atoms with E-state index >= 15 is 0 Å². The van der Waals surface area contributed by atoms with Crippen molar-refractivity contribution in [3.63, 3.8) is 0 Å². The molecule has 1 aliphatic heterocycles. The SMILES string of the molecule is C=NN(C1=C(C)CCc2ccc(NC(=O)c3cc4c(cc3Cl)OCC4)cc21)c1ccc(SC)cc1.CC(N)=O. The van der Waals surface area contributed by atoms with Gasteiger partial charge in [0.25, 0.3) is 5.91 Å². The summed E-state index contributed by atoms with van der Waals surface area (Å²) in [5.41, 5.74) is 12.1. The maximum atomic E-state index is 13.1. The van der Waals surface area contributed by atoms with Gasteiger partial charge in [0, 0.05) is 36.2 Å². The van der Waals surface area contributed by atoms with E-state index in [-0.39, 0.29) is 11.8 Å². The Balaban J connectivity index is 0.000000826. The fourth-order valence-corrected chi connectivity index (χ4v) is 5.28. The molecule has 1 aliphatic carbocycles. The molecule has 3 aromatic carbocycles. The third kappa shape index (κ3) is 6.46. The van der Waals surface area contributed by atoms with Crippen molar-refractivity contribution < 1.29 is 14.3 Å².